The molecule has 2 rings (SSSR count). The quantitative estimate of drug-likeness (QED) is 0.859. The van der Waals surface area contributed by atoms with Crippen molar-refractivity contribution in [2.75, 3.05) is 0 Å². The lowest BCUT2D eigenvalue weighted by molar-refractivity contribution is 0.636. The van der Waals surface area contributed by atoms with Crippen LogP contribution in [-0.4, -0.2) is 13.9 Å². The Labute approximate surface area is 121 Å². The molecule has 0 aliphatic carbocycles. The first-order valence-corrected chi connectivity index (χ1v) is 8.12. The fourth-order valence-electron chi connectivity index (χ4n) is 1.88. The van der Waals surface area contributed by atoms with Crippen LogP contribution in [0.2, 0.25) is 0 Å². The summed E-state index contributed by atoms with van der Waals surface area (Å²) >= 11 is 0. The van der Waals surface area contributed by atoms with E-state index in [1.54, 1.807) is 6.20 Å². The SMILES string of the molecule is CC(C)(C)S(=O)(=NCc1ccccn1)c1ccccc1. The maximum Gasteiger partial charge on any atom is 0.0909 e. The van der Waals surface area contributed by atoms with E-state index in [4.69, 9.17) is 0 Å². The summed E-state index contributed by atoms with van der Waals surface area (Å²) in [5, 5.41) is 0. The Bertz CT molecular complexity index is 667. The minimum atomic E-state index is -2.50. The van der Waals surface area contributed by atoms with Gasteiger partial charge in [-0.05, 0) is 45.0 Å². The van der Waals surface area contributed by atoms with Gasteiger partial charge < -0.3 is 0 Å². The minimum absolute atomic E-state index is 0.367. The van der Waals surface area contributed by atoms with E-state index < -0.39 is 14.5 Å². The Hall–Kier alpha value is -1.68. The zero-order valence-corrected chi connectivity index (χ0v) is 12.9. The topological polar surface area (TPSA) is 42.3 Å². The standard InChI is InChI=1S/C16H20N2OS/c1-16(2,3)20(19,15-10-5-4-6-11-15)18-13-14-9-7-8-12-17-14/h4-12H,13H2,1-3H3. The molecule has 0 spiro atoms. The van der Waals surface area contributed by atoms with Gasteiger partial charge in [0.05, 0.1) is 26.7 Å². The third-order valence-electron chi connectivity index (χ3n) is 3.03. The minimum Gasteiger partial charge on any atom is -0.259 e. The van der Waals surface area contributed by atoms with Gasteiger partial charge >= 0.3 is 0 Å². The van der Waals surface area contributed by atoms with Crippen molar-refractivity contribution < 1.29 is 4.21 Å². The fourth-order valence-corrected chi connectivity index (χ4v) is 3.96. The Morgan fingerprint density at radius 2 is 1.70 bits per heavy atom. The summed E-state index contributed by atoms with van der Waals surface area (Å²) in [5.41, 5.74) is 0.834. The summed E-state index contributed by atoms with van der Waals surface area (Å²) in [4.78, 5) is 5.02. The van der Waals surface area contributed by atoms with E-state index >= 15 is 0 Å². The van der Waals surface area contributed by atoms with Crippen molar-refractivity contribution in [1.82, 2.24) is 4.98 Å². The second-order valence-corrected chi connectivity index (χ2v) is 8.57. The molecule has 0 saturated carbocycles. The molecule has 20 heavy (non-hydrogen) atoms. The molecule has 3 nitrogen and oxygen atoms in total. The summed E-state index contributed by atoms with van der Waals surface area (Å²) in [6.07, 6.45) is 1.73. The van der Waals surface area contributed by atoms with Gasteiger partial charge in [0.15, 0.2) is 0 Å². The Morgan fingerprint density at radius 3 is 2.25 bits per heavy atom. The number of nitrogens with zero attached hydrogens (tertiary/aromatic N) is 2. The molecular formula is C16H20N2OS. The molecule has 0 N–H and O–H groups in total. The molecule has 1 heterocycles. The van der Waals surface area contributed by atoms with Gasteiger partial charge in [0.1, 0.15) is 0 Å². The number of aromatic nitrogens is 1. The highest BCUT2D eigenvalue weighted by Gasteiger charge is 2.28. The summed E-state index contributed by atoms with van der Waals surface area (Å²) in [7, 11) is -2.50. The van der Waals surface area contributed by atoms with Crippen molar-refractivity contribution in [3.8, 4) is 0 Å². The van der Waals surface area contributed by atoms with Crippen LogP contribution in [0.5, 0.6) is 0 Å². The van der Waals surface area contributed by atoms with Crippen molar-refractivity contribution in [2.45, 2.75) is 37.0 Å². The van der Waals surface area contributed by atoms with Crippen molar-refractivity contribution >= 4 is 9.73 Å². The smallest absolute Gasteiger partial charge is 0.0909 e. The van der Waals surface area contributed by atoms with E-state index in [0.29, 0.717) is 6.54 Å². The third kappa shape index (κ3) is 3.07. The predicted octanol–water partition coefficient (Wildman–Crippen LogP) is 3.91. The van der Waals surface area contributed by atoms with Crippen LogP contribution in [0.15, 0.2) is 64.0 Å². The Kier molecular flexibility index (Phi) is 4.23. The molecule has 0 aliphatic rings. The van der Waals surface area contributed by atoms with E-state index in [0.717, 1.165) is 10.6 Å². The van der Waals surface area contributed by atoms with Crippen LogP contribution in [0.4, 0.5) is 0 Å². The molecule has 0 fully saturated rings. The average molecular weight is 288 g/mol. The van der Waals surface area contributed by atoms with Crippen LogP contribution in [0.1, 0.15) is 26.5 Å². The summed E-state index contributed by atoms with van der Waals surface area (Å²) < 4.78 is 17.5. The van der Waals surface area contributed by atoms with Gasteiger partial charge in [0.25, 0.3) is 0 Å². The molecule has 106 valence electrons. The highest BCUT2D eigenvalue weighted by atomic mass is 32.2. The zero-order valence-electron chi connectivity index (χ0n) is 12.1. The molecule has 0 bridgehead atoms. The Balaban J connectivity index is 2.47. The molecule has 0 aliphatic heterocycles. The normalized spacial score (nSPS) is 14.6. The molecule has 0 radical (unpaired) electrons. The van der Waals surface area contributed by atoms with Gasteiger partial charge in [-0.1, -0.05) is 24.3 Å². The monoisotopic (exact) mass is 288 g/mol. The highest BCUT2D eigenvalue weighted by Crippen LogP contribution is 2.27. The molecule has 1 aromatic heterocycles. The maximum absolute atomic E-state index is 13.4. The van der Waals surface area contributed by atoms with Gasteiger partial charge in [-0.3, -0.25) is 4.98 Å². The average Bonchev–Trinajstić information content (AvgIpc) is 2.45. The third-order valence-corrected chi connectivity index (χ3v) is 6.09. The van der Waals surface area contributed by atoms with E-state index in [9.17, 15) is 4.21 Å². The first kappa shape index (κ1) is 14.7. The van der Waals surface area contributed by atoms with E-state index in [-0.39, 0.29) is 0 Å². The van der Waals surface area contributed by atoms with Gasteiger partial charge in [-0.15, -0.1) is 0 Å². The Morgan fingerprint density at radius 1 is 1.05 bits per heavy atom. The van der Waals surface area contributed by atoms with E-state index in [1.165, 1.54) is 0 Å². The maximum atomic E-state index is 13.4. The molecular weight excluding hydrogens is 268 g/mol. The van der Waals surface area contributed by atoms with Crippen molar-refractivity contribution in [3.05, 3.63) is 60.4 Å². The van der Waals surface area contributed by atoms with E-state index in [1.807, 2.05) is 69.3 Å². The first-order chi connectivity index (χ1) is 9.43. The highest BCUT2D eigenvalue weighted by molar-refractivity contribution is 7.95. The summed E-state index contributed by atoms with van der Waals surface area (Å²) in [6.45, 7) is 6.25. The molecule has 4 heteroatoms. The zero-order chi connectivity index (χ0) is 14.6. The number of hydrogen-bond donors (Lipinski definition) is 0. The van der Waals surface area contributed by atoms with Crippen LogP contribution in [0.25, 0.3) is 0 Å². The molecule has 2 aromatic rings. The molecule has 1 aromatic carbocycles. The fraction of sp³-hybridized carbons (Fsp3) is 0.312. The largest absolute Gasteiger partial charge is 0.259 e. The van der Waals surface area contributed by atoms with Gasteiger partial charge in [-0.25, -0.2) is 8.57 Å². The lowest BCUT2D eigenvalue weighted by atomic mass is 10.3. The van der Waals surface area contributed by atoms with Crippen molar-refractivity contribution in [1.29, 1.82) is 0 Å². The van der Waals surface area contributed by atoms with Crippen LogP contribution >= 0.6 is 0 Å². The number of hydrogen-bond acceptors (Lipinski definition) is 3. The van der Waals surface area contributed by atoms with E-state index in [2.05, 4.69) is 9.35 Å². The van der Waals surface area contributed by atoms with Crippen LogP contribution in [-0.2, 0) is 16.3 Å². The van der Waals surface area contributed by atoms with Gasteiger partial charge in [0, 0.05) is 11.1 Å². The number of rotatable bonds is 3. The van der Waals surface area contributed by atoms with Crippen LogP contribution < -0.4 is 0 Å². The van der Waals surface area contributed by atoms with Crippen molar-refractivity contribution in [3.63, 3.8) is 0 Å². The molecule has 1 atom stereocenters. The van der Waals surface area contributed by atoms with Crippen molar-refractivity contribution in [2.24, 2.45) is 4.36 Å². The molecule has 0 amide bonds. The van der Waals surface area contributed by atoms with Gasteiger partial charge in [0.2, 0.25) is 0 Å². The number of benzene rings is 1. The van der Waals surface area contributed by atoms with Gasteiger partial charge in [-0.2, -0.15) is 0 Å². The summed E-state index contributed by atoms with van der Waals surface area (Å²) in [5.74, 6) is 0. The van der Waals surface area contributed by atoms with Crippen LogP contribution in [0, 0.1) is 0 Å². The molecule has 1 unspecified atom stereocenters. The lowest BCUT2D eigenvalue weighted by Crippen LogP contribution is -2.28. The first-order valence-electron chi connectivity index (χ1n) is 6.61. The van der Waals surface area contributed by atoms with Crippen LogP contribution in [0.3, 0.4) is 0 Å². The second-order valence-electron chi connectivity index (χ2n) is 5.56. The number of pyridine rings is 1. The molecule has 0 saturated heterocycles. The predicted molar refractivity (Wildman–Crippen MR) is 83.0 cm³/mol. The summed E-state index contributed by atoms with van der Waals surface area (Å²) in [6, 6.07) is 15.2. The lowest BCUT2D eigenvalue weighted by Gasteiger charge is -2.24. The second kappa shape index (κ2) is 5.75.